The molecule has 5 nitrogen and oxygen atoms in total. The van der Waals surface area contributed by atoms with E-state index in [1.165, 1.54) is 0 Å². The molecule has 1 amide bonds. The predicted molar refractivity (Wildman–Crippen MR) is 83.9 cm³/mol. The van der Waals surface area contributed by atoms with Gasteiger partial charge in [-0.15, -0.1) is 0 Å². The Hall–Kier alpha value is -1.69. The Kier molecular flexibility index (Phi) is 7.68. The fourth-order valence-corrected chi connectivity index (χ4v) is 2.20. The van der Waals surface area contributed by atoms with Crippen molar-refractivity contribution in [2.75, 3.05) is 18.6 Å². The number of amides is 1. The topological polar surface area (TPSA) is 75.6 Å². The maximum absolute atomic E-state index is 11.7. The summed E-state index contributed by atoms with van der Waals surface area (Å²) in [5, 5.41) is 11.5. The number of benzene rings is 1. The maximum Gasteiger partial charge on any atom is 0.326 e. The molecule has 0 aliphatic carbocycles. The average Bonchev–Trinajstić information content (AvgIpc) is 2.43. The van der Waals surface area contributed by atoms with Gasteiger partial charge in [0.1, 0.15) is 11.8 Å². The molecule has 1 atom stereocenters. The summed E-state index contributed by atoms with van der Waals surface area (Å²) in [6.07, 6.45) is 2.45. The summed E-state index contributed by atoms with van der Waals surface area (Å²) in [6, 6.07) is 6.72. The summed E-state index contributed by atoms with van der Waals surface area (Å²) < 4.78 is 5.47. The van der Waals surface area contributed by atoms with Crippen LogP contribution in [0.2, 0.25) is 0 Å². The third-order valence-electron chi connectivity index (χ3n) is 2.83. The van der Waals surface area contributed by atoms with Gasteiger partial charge < -0.3 is 15.2 Å². The molecule has 6 heteroatoms. The number of carboxylic acids is 1. The van der Waals surface area contributed by atoms with Gasteiger partial charge in [-0.05, 0) is 43.0 Å². The van der Waals surface area contributed by atoms with E-state index in [0.29, 0.717) is 17.9 Å². The van der Waals surface area contributed by atoms with Gasteiger partial charge in [0.25, 0.3) is 0 Å². The van der Waals surface area contributed by atoms with E-state index in [1.807, 2.05) is 37.4 Å². The Balaban J connectivity index is 2.34. The highest BCUT2D eigenvalue weighted by atomic mass is 32.2. The molecule has 0 bridgehead atoms. The quantitative estimate of drug-likeness (QED) is 0.730. The van der Waals surface area contributed by atoms with Crippen LogP contribution in [0.5, 0.6) is 5.75 Å². The minimum atomic E-state index is -1.00. The molecule has 116 valence electrons. The van der Waals surface area contributed by atoms with Crippen molar-refractivity contribution < 1.29 is 19.4 Å². The molecule has 0 radical (unpaired) electrons. The van der Waals surface area contributed by atoms with Crippen LogP contribution in [-0.4, -0.2) is 41.6 Å². The number of carbonyl (C=O) groups is 2. The van der Waals surface area contributed by atoms with Crippen LogP contribution in [0.25, 0.3) is 0 Å². The van der Waals surface area contributed by atoms with Crippen LogP contribution in [0.15, 0.2) is 24.3 Å². The lowest BCUT2D eigenvalue weighted by molar-refractivity contribution is -0.141. The molecule has 0 aromatic heterocycles. The Morgan fingerprint density at radius 1 is 1.43 bits per heavy atom. The molecule has 0 spiro atoms. The van der Waals surface area contributed by atoms with E-state index < -0.39 is 12.0 Å². The zero-order valence-corrected chi connectivity index (χ0v) is 13.1. The van der Waals surface area contributed by atoms with E-state index in [4.69, 9.17) is 9.84 Å². The Morgan fingerprint density at radius 3 is 2.81 bits per heavy atom. The molecule has 1 unspecified atom stereocenters. The lowest BCUT2D eigenvalue weighted by atomic mass is 10.2. The van der Waals surface area contributed by atoms with Gasteiger partial charge in [0.05, 0.1) is 13.0 Å². The van der Waals surface area contributed by atoms with E-state index in [0.717, 1.165) is 5.56 Å². The van der Waals surface area contributed by atoms with Gasteiger partial charge in [0.2, 0.25) is 5.91 Å². The zero-order valence-electron chi connectivity index (χ0n) is 12.3. The van der Waals surface area contributed by atoms with Gasteiger partial charge in [0.15, 0.2) is 0 Å². The van der Waals surface area contributed by atoms with Crippen molar-refractivity contribution in [3.63, 3.8) is 0 Å². The highest BCUT2D eigenvalue weighted by molar-refractivity contribution is 7.98. The number of ether oxygens (including phenoxy) is 1. The number of carbonyl (C=O) groups excluding carboxylic acids is 1. The molecule has 0 saturated heterocycles. The Labute approximate surface area is 129 Å². The molecular formula is C15H21NO4S. The van der Waals surface area contributed by atoms with Gasteiger partial charge in [-0.25, -0.2) is 4.79 Å². The Morgan fingerprint density at radius 2 is 2.19 bits per heavy atom. The number of hydrogen-bond donors (Lipinski definition) is 2. The van der Waals surface area contributed by atoms with E-state index in [9.17, 15) is 9.59 Å². The third-order valence-corrected chi connectivity index (χ3v) is 3.48. The summed E-state index contributed by atoms with van der Waals surface area (Å²) in [5.41, 5.74) is 1.08. The maximum atomic E-state index is 11.7. The van der Waals surface area contributed by atoms with E-state index in [1.54, 1.807) is 11.8 Å². The molecule has 0 aliphatic heterocycles. The van der Waals surface area contributed by atoms with Crippen LogP contribution in [-0.2, 0) is 9.59 Å². The first kappa shape index (κ1) is 17.4. The number of nitrogens with one attached hydrogen (secondary N) is 1. The second-order valence-electron chi connectivity index (χ2n) is 4.65. The van der Waals surface area contributed by atoms with Crippen LogP contribution in [0, 0.1) is 6.92 Å². The normalized spacial score (nSPS) is 11.7. The van der Waals surface area contributed by atoms with Crippen molar-refractivity contribution in [3.05, 3.63) is 29.8 Å². The number of aryl methyl sites for hydroxylation is 1. The van der Waals surface area contributed by atoms with Gasteiger partial charge in [0, 0.05) is 0 Å². The fraction of sp³-hybridized carbons (Fsp3) is 0.467. The van der Waals surface area contributed by atoms with Gasteiger partial charge >= 0.3 is 5.97 Å². The second kappa shape index (κ2) is 9.28. The average molecular weight is 311 g/mol. The largest absolute Gasteiger partial charge is 0.493 e. The molecule has 1 aromatic rings. The first-order chi connectivity index (χ1) is 10.0. The summed E-state index contributed by atoms with van der Waals surface area (Å²) in [7, 11) is 0. The summed E-state index contributed by atoms with van der Waals surface area (Å²) in [5.74, 6) is 0.0879. The molecule has 0 saturated carbocycles. The molecule has 0 fully saturated rings. The molecule has 0 heterocycles. The first-order valence-corrected chi connectivity index (χ1v) is 8.13. The van der Waals surface area contributed by atoms with Crippen LogP contribution in [0.3, 0.4) is 0 Å². The highest BCUT2D eigenvalue weighted by Crippen LogP contribution is 2.12. The van der Waals surface area contributed by atoms with E-state index in [-0.39, 0.29) is 18.9 Å². The standard InChI is InChI=1S/C15H21NO4S/c1-11-4-3-5-12(10-11)20-8-6-14(17)16-13(15(18)19)7-9-21-2/h3-5,10,13H,6-9H2,1-2H3,(H,16,17)(H,18,19). The minimum Gasteiger partial charge on any atom is -0.493 e. The van der Waals surface area contributed by atoms with Crippen molar-refractivity contribution in [2.45, 2.75) is 25.8 Å². The summed E-state index contributed by atoms with van der Waals surface area (Å²) in [4.78, 5) is 22.7. The SMILES string of the molecule is CSCCC(NC(=O)CCOc1cccc(C)c1)C(=O)O. The summed E-state index contributed by atoms with van der Waals surface area (Å²) in [6.45, 7) is 2.19. The predicted octanol–water partition coefficient (Wildman–Crippen LogP) is 2.09. The van der Waals surface area contributed by atoms with E-state index in [2.05, 4.69) is 5.32 Å². The molecular weight excluding hydrogens is 290 g/mol. The molecule has 21 heavy (non-hydrogen) atoms. The number of thioether (sulfide) groups is 1. The lowest BCUT2D eigenvalue weighted by Gasteiger charge is -2.14. The van der Waals surface area contributed by atoms with Crippen LogP contribution in [0.4, 0.5) is 0 Å². The number of carboxylic acid groups (broad SMARTS) is 1. The molecule has 0 aliphatic rings. The van der Waals surface area contributed by atoms with Crippen LogP contribution >= 0.6 is 11.8 Å². The van der Waals surface area contributed by atoms with E-state index >= 15 is 0 Å². The monoisotopic (exact) mass is 311 g/mol. The van der Waals surface area contributed by atoms with Crippen molar-refractivity contribution in [1.29, 1.82) is 0 Å². The Bertz CT molecular complexity index is 478. The fourth-order valence-electron chi connectivity index (χ4n) is 1.73. The molecule has 1 aromatic carbocycles. The molecule has 2 N–H and O–H groups in total. The zero-order chi connectivity index (χ0) is 15.7. The lowest BCUT2D eigenvalue weighted by Crippen LogP contribution is -2.41. The van der Waals surface area contributed by atoms with Crippen molar-refractivity contribution in [3.8, 4) is 5.75 Å². The number of aliphatic carboxylic acids is 1. The highest BCUT2D eigenvalue weighted by Gasteiger charge is 2.19. The minimum absolute atomic E-state index is 0.136. The second-order valence-corrected chi connectivity index (χ2v) is 5.64. The molecule has 1 rings (SSSR count). The van der Waals surface area contributed by atoms with Crippen molar-refractivity contribution >= 4 is 23.6 Å². The summed E-state index contributed by atoms with van der Waals surface area (Å²) >= 11 is 1.55. The number of rotatable bonds is 9. The smallest absolute Gasteiger partial charge is 0.326 e. The van der Waals surface area contributed by atoms with Crippen molar-refractivity contribution in [2.24, 2.45) is 0 Å². The first-order valence-electron chi connectivity index (χ1n) is 6.73. The van der Waals surface area contributed by atoms with Crippen LogP contribution < -0.4 is 10.1 Å². The van der Waals surface area contributed by atoms with Gasteiger partial charge in [-0.3, -0.25) is 4.79 Å². The number of hydrogen-bond acceptors (Lipinski definition) is 4. The van der Waals surface area contributed by atoms with Crippen LogP contribution in [0.1, 0.15) is 18.4 Å². The van der Waals surface area contributed by atoms with Gasteiger partial charge in [-0.2, -0.15) is 11.8 Å². The third kappa shape index (κ3) is 7.04. The van der Waals surface area contributed by atoms with Crippen molar-refractivity contribution in [1.82, 2.24) is 5.32 Å². The van der Waals surface area contributed by atoms with Gasteiger partial charge in [-0.1, -0.05) is 12.1 Å².